The number of amides is 1. The van der Waals surface area contributed by atoms with Gasteiger partial charge in [-0.1, -0.05) is 23.8 Å². The van der Waals surface area contributed by atoms with E-state index in [2.05, 4.69) is 11.4 Å². The Morgan fingerprint density at radius 2 is 1.85 bits per heavy atom. The van der Waals surface area contributed by atoms with E-state index in [1.54, 1.807) is 11.7 Å². The minimum Gasteiger partial charge on any atom is -0.497 e. The van der Waals surface area contributed by atoms with Crippen molar-refractivity contribution in [3.63, 3.8) is 0 Å². The number of allylic oxidation sites excluding steroid dienone is 1. The van der Waals surface area contributed by atoms with Crippen molar-refractivity contribution in [2.45, 2.75) is 32.1 Å². The summed E-state index contributed by atoms with van der Waals surface area (Å²) in [6.07, 6.45) is 7.89. The molecule has 33 heavy (non-hydrogen) atoms. The predicted octanol–water partition coefficient (Wildman–Crippen LogP) is 4.78. The molecule has 0 saturated carbocycles. The molecule has 7 nitrogen and oxygen atoms in total. The number of nitrogens with one attached hydrogen (secondary N) is 1. The fourth-order valence-electron chi connectivity index (χ4n) is 4.43. The molecule has 4 aromatic rings. The number of carbonyl (C=O) groups is 1. The van der Waals surface area contributed by atoms with Crippen molar-refractivity contribution in [3.8, 4) is 11.4 Å². The number of hydrogen-bond donors (Lipinski definition) is 2. The monoisotopic (exact) mass is 441 g/mol. The lowest BCUT2D eigenvalue weighted by atomic mass is 9.97. The first kappa shape index (κ1) is 21.0. The number of rotatable bonds is 6. The fraction of sp³-hybridized carbons (Fsp3) is 0.269. The number of nitrogen functional groups attached to an aromatic ring is 1. The van der Waals surface area contributed by atoms with Crippen molar-refractivity contribution in [2.75, 3.05) is 19.4 Å². The van der Waals surface area contributed by atoms with E-state index < -0.39 is 0 Å². The summed E-state index contributed by atoms with van der Waals surface area (Å²) in [6, 6.07) is 15.1. The maximum Gasteiger partial charge on any atom is 0.257 e. The number of methoxy groups -OCH3 is 1. The molecule has 0 bridgehead atoms. The van der Waals surface area contributed by atoms with E-state index in [0.29, 0.717) is 29.1 Å². The fourth-order valence-corrected chi connectivity index (χ4v) is 4.43. The van der Waals surface area contributed by atoms with Gasteiger partial charge >= 0.3 is 0 Å². The van der Waals surface area contributed by atoms with E-state index in [9.17, 15) is 4.79 Å². The lowest BCUT2D eigenvalue weighted by Crippen LogP contribution is -2.26. The molecular weight excluding hydrogens is 414 g/mol. The zero-order valence-electron chi connectivity index (χ0n) is 18.7. The smallest absolute Gasteiger partial charge is 0.257 e. The molecule has 168 valence electrons. The number of para-hydroxylation sites is 2. The van der Waals surface area contributed by atoms with Crippen LogP contribution in [0.5, 0.6) is 5.75 Å². The summed E-state index contributed by atoms with van der Waals surface area (Å²) < 4.78 is 7.07. The van der Waals surface area contributed by atoms with Gasteiger partial charge in [0, 0.05) is 12.2 Å². The summed E-state index contributed by atoms with van der Waals surface area (Å²) in [5.74, 6) is 0.825. The third-order valence-corrected chi connectivity index (χ3v) is 6.17. The van der Waals surface area contributed by atoms with Gasteiger partial charge in [-0.3, -0.25) is 9.36 Å². The van der Waals surface area contributed by atoms with Crippen LogP contribution in [-0.2, 0) is 0 Å². The third kappa shape index (κ3) is 4.02. The Kier molecular flexibility index (Phi) is 5.69. The van der Waals surface area contributed by atoms with Crippen LogP contribution in [0.15, 0.2) is 60.2 Å². The molecule has 1 aliphatic carbocycles. The summed E-state index contributed by atoms with van der Waals surface area (Å²) in [4.78, 5) is 22.9. The van der Waals surface area contributed by atoms with Crippen molar-refractivity contribution < 1.29 is 9.53 Å². The van der Waals surface area contributed by atoms with E-state index >= 15 is 0 Å². The van der Waals surface area contributed by atoms with Crippen molar-refractivity contribution >= 4 is 33.9 Å². The lowest BCUT2D eigenvalue weighted by Gasteiger charge is -2.13. The van der Waals surface area contributed by atoms with Crippen LogP contribution in [0.4, 0.5) is 5.82 Å². The Balaban J connectivity index is 1.56. The number of carbonyl (C=O) groups excluding carboxylic acids is 1. The summed E-state index contributed by atoms with van der Waals surface area (Å²) in [5.41, 5.74) is 11.7. The molecule has 1 aliphatic rings. The van der Waals surface area contributed by atoms with Gasteiger partial charge in [-0.15, -0.1) is 0 Å². The first-order valence-electron chi connectivity index (χ1n) is 11.3. The molecule has 0 spiro atoms. The second kappa shape index (κ2) is 8.94. The van der Waals surface area contributed by atoms with Gasteiger partial charge in [-0.05, 0) is 68.5 Å². The topological polar surface area (TPSA) is 95.1 Å². The van der Waals surface area contributed by atoms with Gasteiger partial charge in [0.2, 0.25) is 0 Å². The number of nitrogens with zero attached hydrogens (tertiary/aromatic N) is 3. The first-order valence-corrected chi connectivity index (χ1v) is 11.3. The quantitative estimate of drug-likeness (QED) is 0.420. The molecule has 2 aromatic carbocycles. The van der Waals surface area contributed by atoms with Gasteiger partial charge in [0.15, 0.2) is 5.65 Å². The van der Waals surface area contributed by atoms with Gasteiger partial charge in [0.1, 0.15) is 22.6 Å². The van der Waals surface area contributed by atoms with E-state index in [1.165, 1.54) is 18.4 Å². The highest BCUT2D eigenvalue weighted by atomic mass is 16.5. The molecule has 0 unspecified atom stereocenters. The second-order valence-corrected chi connectivity index (χ2v) is 8.29. The van der Waals surface area contributed by atoms with Crippen LogP contribution < -0.4 is 15.8 Å². The molecule has 5 rings (SSSR count). The van der Waals surface area contributed by atoms with Crippen LogP contribution in [-0.4, -0.2) is 34.1 Å². The minimum atomic E-state index is -0.231. The molecule has 0 saturated heterocycles. The zero-order valence-corrected chi connectivity index (χ0v) is 18.7. The van der Waals surface area contributed by atoms with Crippen LogP contribution >= 0.6 is 0 Å². The Bertz CT molecular complexity index is 1350. The van der Waals surface area contributed by atoms with Crippen LogP contribution in [0.1, 0.15) is 42.5 Å². The highest BCUT2D eigenvalue weighted by Gasteiger charge is 2.24. The number of anilines is 1. The van der Waals surface area contributed by atoms with Crippen molar-refractivity contribution in [2.24, 2.45) is 0 Å². The summed E-state index contributed by atoms with van der Waals surface area (Å²) >= 11 is 0. The van der Waals surface area contributed by atoms with Gasteiger partial charge in [0.25, 0.3) is 5.91 Å². The average molecular weight is 442 g/mol. The van der Waals surface area contributed by atoms with E-state index in [4.69, 9.17) is 20.4 Å². The summed E-state index contributed by atoms with van der Waals surface area (Å²) in [5, 5.41) is 3.05. The minimum absolute atomic E-state index is 0.231. The largest absolute Gasteiger partial charge is 0.497 e. The molecular formula is C26H27N5O2. The number of benzene rings is 2. The Morgan fingerprint density at radius 3 is 2.55 bits per heavy atom. The van der Waals surface area contributed by atoms with Gasteiger partial charge in [-0.25, -0.2) is 9.97 Å². The second-order valence-electron chi connectivity index (χ2n) is 8.29. The highest BCUT2D eigenvalue weighted by molar-refractivity contribution is 6.11. The van der Waals surface area contributed by atoms with E-state index in [0.717, 1.165) is 41.7 Å². The molecule has 1 amide bonds. The number of aromatic nitrogens is 3. The van der Waals surface area contributed by atoms with Crippen LogP contribution in [0.25, 0.3) is 27.9 Å². The van der Waals surface area contributed by atoms with Crippen LogP contribution in [0.3, 0.4) is 0 Å². The van der Waals surface area contributed by atoms with Crippen LogP contribution in [0, 0.1) is 0 Å². The maximum absolute atomic E-state index is 13.3. The third-order valence-electron chi connectivity index (χ3n) is 6.17. The summed E-state index contributed by atoms with van der Waals surface area (Å²) in [6.45, 7) is 0.570. The number of hydrogen-bond acceptors (Lipinski definition) is 5. The predicted molar refractivity (Wildman–Crippen MR) is 131 cm³/mol. The van der Waals surface area contributed by atoms with E-state index in [-0.39, 0.29) is 5.91 Å². The van der Waals surface area contributed by atoms with Crippen molar-refractivity contribution in [1.29, 1.82) is 0 Å². The molecule has 3 N–H and O–H groups in total. The normalized spacial score (nSPS) is 13.8. The van der Waals surface area contributed by atoms with Crippen molar-refractivity contribution in [1.82, 2.24) is 19.9 Å². The molecule has 0 fully saturated rings. The Labute approximate surface area is 192 Å². The SMILES string of the molecule is COc1ccc(-n2c(N)c(C(=O)NCCC3=CCCCC3)c3nc4ccccc4nc32)cc1. The summed E-state index contributed by atoms with van der Waals surface area (Å²) in [7, 11) is 1.62. The standard InChI is InChI=1S/C26H27N5O2/c1-33-19-13-11-18(12-14-19)31-24(27)22(26(32)28-16-15-17-7-3-2-4-8-17)23-25(31)30-21-10-6-5-9-20(21)29-23/h5-7,9-14H,2-4,8,15-16,27H2,1H3,(H,28,32). The molecule has 0 aliphatic heterocycles. The Morgan fingerprint density at radius 1 is 1.09 bits per heavy atom. The highest BCUT2D eigenvalue weighted by Crippen LogP contribution is 2.31. The van der Waals surface area contributed by atoms with E-state index in [1.807, 2.05) is 48.5 Å². The average Bonchev–Trinajstić information content (AvgIpc) is 3.13. The van der Waals surface area contributed by atoms with Crippen molar-refractivity contribution in [3.05, 3.63) is 65.7 Å². The maximum atomic E-state index is 13.3. The first-order chi connectivity index (χ1) is 16.2. The Hall–Kier alpha value is -3.87. The number of fused-ring (bicyclic) bond motifs is 2. The van der Waals surface area contributed by atoms with Gasteiger partial charge in [-0.2, -0.15) is 0 Å². The molecule has 0 radical (unpaired) electrons. The molecule has 7 heteroatoms. The lowest BCUT2D eigenvalue weighted by molar-refractivity contribution is 0.0956. The molecule has 2 heterocycles. The number of nitrogens with two attached hydrogens (primary N) is 1. The van der Waals surface area contributed by atoms with Gasteiger partial charge in [0.05, 0.1) is 18.1 Å². The molecule has 2 aromatic heterocycles. The molecule has 0 atom stereocenters. The van der Waals surface area contributed by atoms with Gasteiger partial charge < -0.3 is 15.8 Å². The number of ether oxygens (including phenoxy) is 1. The van der Waals surface area contributed by atoms with Crippen LogP contribution in [0.2, 0.25) is 0 Å². The zero-order chi connectivity index (χ0) is 22.8.